The van der Waals surface area contributed by atoms with Gasteiger partial charge < -0.3 is 10.2 Å². The van der Waals surface area contributed by atoms with Gasteiger partial charge in [0.1, 0.15) is 0 Å². The van der Waals surface area contributed by atoms with E-state index in [-0.39, 0.29) is 17.7 Å². The zero-order valence-corrected chi connectivity index (χ0v) is 15.0. The molecule has 0 atom stereocenters. The number of nitriles is 1. The predicted octanol–water partition coefficient (Wildman–Crippen LogP) is 1.83. The van der Waals surface area contributed by atoms with Crippen molar-refractivity contribution in [1.29, 1.82) is 5.26 Å². The third kappa shape index (κ3) is 3.56. The van der Waals surface area contributed by atoms with E-state index in [1.807, 2.05) is 21.7 Å². The average molecular weight is 363 g/mol. The van der Waals surface area contributed by atoms with Crippen LogP contribution in [0.4, 0.5) is 0 Å². The molecule has 1 aliphatic carbocycles. The van der Waals surface area contributed by atoms with Crippen LogP contribution >= 0.6 is 0 Å². The molecule has 2 amide bonds. The van der Waals surface area contributed by atoms with Gasteiger partial charge in [-0.3, -0.25) is 14.3 Å². The highest BCUT2D eigenvalue weighted by Gasteiger charge is 2.31. The van der Waals surface area contributed by atoms with Crippen molar-refractivity contribution in [2.45, 2.75) is 38.9 Å². The standard InChI is InChI=1S/C20H21N5O2/c21-11-14-3-1-6-16(9-14)19(26)22-12-17-10-18-13-24(7-8-25(18)23-17)20(27)15-4-2-5-15/h1,3,6,9-10,15H,2,4-5,7-8,12-13H2,(H,22,26). The molecule has 0 spiro atoms. The molecule has 1 fully saturated rings. The lowest BCUT2D eigenvalue weighted by Gasteiger charge is -2.34. The summed E-state index contributed by atoms with van der Waals surface area (Å²) < 4.78 is 1.92. The molecule has 1 aromatic heterocycles. The van der Waals surface area contributed by atoms with Gasteiger partial charge in [0.2, 0.25) is 5.91 Å². The highest BCUT2D eigenvalue weighted by molar-refractivity contribution is 5.94. The molecule has 2 aromatic rings. The number of aromatic nitrogens is 2. The monoisotopic (exact) mass is 363 g/mol. The van der Waals surface area contributed by atoms with E-state index in [1.165, 1.54) is 0 Å². The summed E-state index contributed by atoms with van der Waals surface area (Å²) in [5.41, 5.74) is 2.68. The van der Waals surface area contributed by atoms with Crippen molar-refractivity contribution in [1.82, 2.24) is 20.0 Å². The van der Waals surface area contributed by atoms with Crippen LogP contribution in [0.25, 0.3) is 0 Å². The third-order valence-corrected chi connectivity index (χ3v) is 5.30. The molecule has 7 nitrogen and oxygen atoms in total. The Morgan fingerprint density at radius 3 is 2.85 bits per heavy atom. The van der Waals surface area contributed by atoms with Gasteiger partial charge in [-0.1, -0.05) is 12.5 Å². The fourth-order valence-electron chi connectivity index (χ4n) is 3.52. The van der Waals surface area contributed by atoms with E-state index in [1.54, 1.807) is 24.3 Å². The van der Waals surface area contributed by atoms with E-state index in [0.717, 1.165) is 30.7 Å². The number of rotatable bonds is 4. The molecule has 1 aromatic carbocycles. The Morgan fingerprint density at radius 2 is 2.11 bits per heavy atom. The van der Waals surface area contributed by atoms with Crippen LogP contribution in [0.3, 0.4) is 0 Å². The summed E-state index contributed by atoms with van der Waals surface area (Å²) in [6.45, 7) is 2.27. The Kier molecular flexibility index (Phi) is 4.63. The van der Waals surface area contributed by atoms with E-state index in [2.05, 4.69) is 10.4 Å². The number of nitrogens with zero attached hydrogens (tertiary/aromatic N) is 4. The molecule has 138 valence electrons. The Bertz CT molecular complexity index is 923. The van der Waals surface area contributed by atoms with Crippen LogP contribution in [-0.2, 0) is 24.4 Å². The second-order valence-corrected chi connectivity index (χ2v) is 7.11. The van der Waals surface area contributed by atoms with E-state index < -0.39 is 0 Å². The molecule has 2 aliphatic rings. The predicted molar refractivity (Wildman–Crippen MR) is 97.3 cm³/mol. The number of amides is 2. The van der Waals surface area contributed by atoms with Crippen LogP contribution in [0, 0.1) is 17.2 Å². The van der Waals surface area contributed by atoms with Gasteiger partial charge >= 0.3 is 0 Å². The summed E-state index contributed by atoms with van der Waals surface area (Å²) in [6, 6.07) is 10.6. The van der Waals surface area contributed by atoms with Crippen molar-refractivity contribution in [2.24, 2.45) is 5.92 Å². The lowest BCUT2D eigenvalue weighted by Crippen LogP contribution is -2.43. The highest BCUT2D eigenvalue weighted by Crippen LogP contribution is 2.29. The first kappa shape index (κ1) is 17.3. The van der Waals surface area contributed by atoms with E-state index in [9.17, 15) is 9.59 Å². The van der Waals surface area contributed by atoms with Gasteiger partial charge in [0.15, 0.2) is 0 Å². The molecule has 0 saturated heterocycles. The third-order valence-electron chi connectivity index (χ3n) is 5.30. The quantitative estimate of drug-likeness (QED) is 0.897. The molecule has 1 saturated carbocycles. The molecule has 0 unspecified atom stereocenters. The minimum atomic E-state index is -0.236. The van der Waals surface area contributed by atoms with Gasteiger partial charge in [-0.05, 0) is 37.1 Å². The summed E-state index contributed by atoms with van der Waals surface area (Å²) in [5, 5.41) is 16.3. The second-order valence-electron chi connectivity index (χ2n) is 7.11. The smallest absolute Gasteiger partial charge is 0.251 e. The molecule has 1 N–H and O–H groups in total. The topological polar surface area (TPSA) is 91.0 Å². The molecule has 7 heteroatoms. The Labute approximate surface area is 157 Å². The molecule has 0 radical (unpaired) electrons. The number of benzene rings is 1. The maximum absolute atomic E-state index is 12.4. The van der Waals surface area contributed by atoms with Crippen LogP contribution in [0.2, 0.25) is 0 Å². The molecule has 2 heterocycles. The van der Waals surface area contributed by atoms with Crippen LogP contribution in [0.15, 0.2) is 30.3 Å². The first-order valence-electron chi connectivity index (χ1n) is 9.27. The first-order valence-corrected chi connectivity index (χ1v) is 9.27. The number of carbonyl (C=O) groups excluding carboxylic acids is 2. The van der Waals surface area contributed by atoms with Gasteiger partial charge in [-0.2, -0.15) is 10.4 Å². The minimum absolute atomic E-state index is 0.211. The summed E-state index contributed by atoms with van der Waals surface area (Å²) in [5.74, 6) is 0.239. The van der Waals surface area contributed by atoms with E-state index >= 15 is 0 Å². The number of fused-ring (bicyclic) bond motifs is 1. The normalized spacial score (nSPS) is 16.2. The SMILES string of the molecule is N#Cc1cccc(C(=O)NCc2cc3n(n2)CCN(C(=O)C2CCC2)C3)c1. The van der Waals surface area contributed by atoms with Gasteiger partial charge in [0, 0.05) is 18.0 Å². The molecule has 1 aliphatic heterocycles. The van der Waals surface area contributed by atoms with Crippen molar-refractivity contribution >= 4 is 11.8 Å². The summed E-state index contributed by atoms with van der Waals surface area (Å²) >= 11 is 0. The number of nitrogens with one attached hydrogen (secondary N) is 1. The van der Waals surface area contributed by atoms with Gasteiger partial charge in [0.05, 0.1) is 42.7 Å². The maximum atomic E-state index is 12.4. The largest absolute Gasteiger partial charge is 0.346 e. The molecular weight excluding hydrogens is 342 g/mol. The minimum Gasteiger partial charge on any atom is -0.346 e. The van der Waals surface area contributed by atoms with Crippen molar-refractivity contribution < 1.29 is 9.59 Å². The molecule has 27 heavy (non-hydrogen) atoms. The Balaban J connectivity index is 1.37. The van der Waals surface area contributed by atoms with Crippen molar-refractivity contribution in [3.63, 3.8) is 0 Å². The van der Waals surface area contributed by atoms with Crippen LogP contribution < -0.4 is 5.32 Å². The molecular formula is C20H21N5O2. The van der Waals surface area contributed by atoms with Crippen LogP contribution in [0.5, 0.6) is 0 Å². The highest BCUT2D eigenvalue weighted by atomic mass is 16.2. The first-order chi connectivity index (χ1) is 13.1. The second kappa shape index (κ2) is 7.23. The molecule has 4 rings (SSSR count). The fraction of sp³-hybridized carbons (Fsp3) is 0.400. The van der Waals surface area contributed by atoms with Crippen molar-refractivity contribution in [2.75, 3.05) is 6.54 Å². The fourth-order valence-corrected chi connectivity index (χ4v) is 3.52. The van der Waals surface area contributed by atoms with E-state index in [4.69, 9.17) is 5.26 Å². The van der Waals surface area contributed by atoms with Crippen LogP contribution in [0.1, 0.15) is 46.6 Å². The van der Waals surface area contributed by atoms with Crippen LogP contribution in [-0.4, -0.2) is 33.0 Å². The zero-order valence-electron chi connectivity index (χ0n) is 15.0. The summed E-state index contributed by atoms with van der Waals surface area (Å²) in [7, 11) is 0. The summed E-state index contributed by atoms with van der Waals surface area (Å²) in [6.07, 6.45) is 3.18. The Morgan fingerprint density at radius 1 is 1.26 bits per heavy atom. The van der Waals surface area contributed by atoms with Gasteiger partial charge in [-0.15, -0.1) is 0 Å². The molecule has 0 bridgehead atoms. The van der Waals surface area contributed by atoms with Gasteiger partial charge in [-0.25, -0.2) is 0 Å². The average Bonchev–Trinajstić information content (AvgIpc) is 3.06. The maximum Gasteiger partial charge on any atom is 0.251 e. The van der Waals surface area contributed by atoms with Crippen molar-refractivity contribution in [3.05, 3.63) is 52.8 Å². The van der Waals surface area contributed by atoms with E-state index in [0.29, 0.717) is 37.3 Å². The Hall–Kier alpha value is -3.14. The number of hydrogen-bond acceptors (Lipinski definition) is 4. The summed E-state index contributed by atoms with van der Waals surface area (Å²) in [4.78, 5) is 26.6. The van der Waals surface area contributed by atoms with Gasteiger partial charge in [0.25, 0.3) is 5.91 Å². The van der Waals surface area contributed by atoms with Crippen molar-refractivity contribution in [3.8, 4) is 6.07 Å². The number of hydrogen-bond donors (Lipinski definition) is 1. The zero-order chi connectivity index (χ0) is 18.8. The number of carbonyl (C=O) groups is 2. The lowest BCUT2D eigenvalue weighted by molar-refractivity contribution is -0.139. The lowest BCUT2D eigenvalue weighted by atomic mass is 9.84.